The first-order valence-corrected chi connectivity index (χ1v) is 12.7. The first kappa shape index (κ1) is 27.1. The first-order valence-electron chi connectivity index (χ1n) is 12.7. The number of aliphatic hydroxyl groups excluding tert-OH is 1. The Morgan fingerprint density at radius 2 is 1.52 bits per heavy atom. The van der Waals surface area contributed by atoms with E-state index in [0.717, 1.165) is 17.5 Å². The second-order valence-corrected chi connectivity index (χ2v) is 9.70. The Morgan fingerprint density at radius 1 is 0.900 bits per heavy atom. The summed E-state index contributed by atoms with van der Waals surface area (Å²) < 4.78 is 45.7. The van der Waals surface area contributed by atoms with E-state index in [4.69, 9.17) is 4.42 Å². The van der Waals surface area contributed by atoms with Gasteiger partial charge in [-0.05, 0) is 53.8 Å². The summed E-state index contributed by atoms with van der Waals surface area (Å²) in [5, 5.41) is 22.6. The minimum Gasteiger partial charge on any atom is -0.481 e. The Bertz CT molecular complexity index is 1500. The number of oxazole rings is 1. The molecule has 3 aromatic carbocycles. The lowest BCUT2D eigenvalue weighted by Gasteiger charge is -2.22. The van der Waals surface area contributed by atoms with E-state index in [0.29, 0.717) is 24.0 Å². The van der Waals surface area contributed by atoms with Crippen molar-refractivity contribution < 1.29 is 37.4 Å². The van der Waals surface area contributed by atoms with Gasteiger partial charge >= 0.3 is 12.1 Å². The highest BCUT2D eigenvalue weighted by molar-refractivity contribution is 6.04. The van der Waals surface area contributed by atoms with Crippen LogP contribution in [-0.4, -0.2) is 27.1 Å². The summed E-state index contributed by atoms with van der Waals surface area (Å²) in [5.74, 6) is -4.64. The lowest BCUT2D eigenvalue weighted by atomic mass is 9.86. The number of nitrogens with one attached hydrogen (secondary N) is 1. The third kappa shape index (κ3) is 5.62. The van der Waals surface area contributed by atoms with E-state index in [2.05, 4.69) is 10.3 Å². The number of nitrogens with zero attached hydrogens (tertiary/aromatic N) is 1. The number of amides is 1. The molecule has 3 N–H and O–H groups in total. The van der Waals surface area contributed by atoms with Gasteiger partial charge in [-0.25, -0.2) is 4.98 Å². The van der Waals surface area contributed by atoms with Gasteiger partial charge < -0.3 is 19.9 Å². The van der Waals surface area contributed by atoms with Crippen LogP contribution in [0.5, 0.6) is 0 Å². The normalized spacial score (nSPS) is 17.9. The average Bonchev–Trinajstić information content (AvgIpc) is 3.62. The molecule has 206 valence electrons. The van der Waals surface area contributed by atoms with Gasteiger partial charge in [0.1, 0.15) is 0 Å². The Hall–Kier alpha value is -4.44. The quantitative estimate of drug-likeness (QED) is 0.233. The molecule has 10 heteroatoms. The second-order valence-electron chi connectivity index (χ2n) is 9.70. The standard InChI is InChI=1S/C30H25F3N2O5/c31-30(32,33)26-24(35-28(40-26)20-5-2-1-3-6-20)27(37)34-21-15-13-18(14-16-21)17-9-11-19(12-10-17)25(36)22-7-4-8-23(22)29(38)39/h1-3,5-6,9-16,22-23,25,36H,4,7-8H2,(H,34,37)(H,38,39)/t22-,23-,25?/m0/s1. The van der Waals surface area contributed by atoms with Crippen LogP contribution in [0.1, 0.15) is 47.2 Å². The monoisotopic (exact) mass is 550 g/mol. The highest BCUT2D eigenvalue weighted by Crippen LogP contribution is 2.41. The van der Waals surface area contributed by atoms with Crippen LogP contribution < -0.4 is 5.32 Å². The number of aromatic nitrogens is 1. The van der Waals surface area contributed by atoms with Crippen molar-refractivity contribution in [2.45, 2.75) is 31.5 Å². The Kier molecular flexibility index (Phi) is 7.44. The number of halogens is 3. The summed E-state index contributed by atoms with van der Waals surface area (Å²) in [6, 6.07) is 21.6. The maximum atomic E-state index is 13.6. The molecule has 0 radical (unpaired) electrons. The van der Waals surface area contributed by atoms with Crippen molar-refractivity contribution in [3.63, 3.8) is 0 Å². The van der Waals surface area contributed by atoms with Gasteiger partial charge in [-0.3, -0.25) is 9.59 Å². The van der Waals surface area contributed by atoms with E-state index in [1.54, 1.807) is 66.7 Å². The van der Waals surface area contributed by atoms with Crippen molar-refractivity contribution in [3.05, 3.63) is 95.9 Å². The Labute approximate surface area is 227 Å². The number of aliphatic carboxylic acids is 1. The largest absolute Gasteiger partial charge is 0.481 e. The van der Waals surface area contributed by atoms with Crippen LogP contribution in [0.3, 0.4) is 0 Å². The predicted octanol–water partition coefficient (Wildman–Crippen LogP) is 6.81. The molecule has 3 atom stereocenters. The Morgan fingerprint density at radius 3 is 2.12 bits per heavy atom. The van der Waals surface area contributed by atoms with E-state index >= 15 is 0 Å². The number of carboxylic acid groups (broad SMARTS) is 1. The molecule has 1 aliphatic rings. The van der Waals surface area contributed by atoms with Crippen LogP contribution in [0.15, 0.2) is 83.3 Å². The average molecular weight is 551 g/mol. The molecule has 1 amide bonds. The van der Waals surface area contributed by atoms with E-state index in [1.807, 2.05) is 0 Å². The molecular formula is C30H25F3N2O5. The molecular weight excluding hydrogens is 525 g/mol. The smallest absolute Gasteiger partial charge is 0.452 e. The summed E-state index contributed by atoms with van der Waals surface area (Å²) in [7, 11) is 0. The summed E-state index contributed by atoms with van der Waals surface area (Å²) in [6.07, 6.45) is -3.82. The molecule has 1 aromatic heterocycles. The SMILES string of the molecule is O=C(Nc1ccc(-c2ccc(C(O)[C@H]3CCC[C@@H]3C(=O)O)cc2)cc1)c1nc(-c2ccccc2)oc1C(F)(F)F. The van der Waals surface area contributed by atoms with Crippen molar-refractivity contribution in [1.82, 2.24) is 4.98 Å². The molecule has 0 saturated heterocycles. The number of rotatable bonds is 7. The zero-order valence-corrected chi connectivity index (χ0v) is 21.1. The predicted molar refractivity (Wildman–Crippen MR) is 140 cm³/mol. The van der Waals surface area contributed by atoms with E-state index in [1.165, 1.54) is 12.1 Å². The molecule has 1 fully saturated rings. The van der Waals surface area contributed by atoms with Crippen LogP contribution in [0.2, 0.25) is 0 Å². The zero-order chi connectivity index (χ0) is 28.4. The molecule has 1 heterocycles. The second kappa shape index (κ2) is 11.0. The number of hydrogen-bond acceptors (Lipinski definition) is 5. The van der Waals surface area contributed by atoms with Gasteiger partial charge in [-0.1, -0.05) is 61.0 Å². The Balaban J connectivity index is 1.30. The lowest BCUT2D eigenvalue weighted by molar-refractivity contribution is -0.153. The molecule has 0 bridgehead atoms. The van der Waals surface area contributed by atoms with E-state index in [-0.39, 0.29) is 17.5 Å². The van der Waals surface area contributed by atoms with Crippen molar-refractivity contribution in [1.29, 1.82) is 0 Å². The van der Waals surface area contributed by atoms with Crippen molar-refractivity contribution in [2.75, 3.05) is 5.32 Å². The van der Waals surface area contributed by atoms with Crippen LogP contribution in [0, 0.1) is 11.8 Å². The first-order chi connectivity index (χ1) is 19.1. The topological polar surface area (TPSA) is 113 Å². The van der Waals surface area contributed by atoms with Crippen molar-refractivity contribution in [3.8, 4) is 22.6 Å². The van der Waals surface area contributed by atoms with E-state index in [9.17, 15) is 33.0 Å². The maximum absolute atomic E-state index is 13.6. The minimum atomic E-state index is -4.91. The summed E-state index contributed by atoms with van der Waals surface area (Å²) >= 11 is 0. The molecule has 7 nitrogen and oxygen atoms in total. The molecule has 5 rings (SSSR count). The minimum absolute atomic E-state index is 0.263. The van der Waals surface area contributed by atoms with Crippen molar-refractivity contribution >= 4 is 17.6 Å². The molecule has 0 aliphatic heterocycles. The van der Waals surface area contributed by atoms with Crippen LogP contribution in [0.25, 0.3) is 22.6 Å². The summed E-state index contributed by atoms with van der Waals surface area (Å²) in [5.41, 5.74) is 1.91. The number of aliphatic hydroxyl groups is 1. The van der Waals surface area contributed by atoms with Crippen LogP contribution >= 0.6 is 0 Å². The molecule has 0 spiro atoms. The highest BCUT2D eigenvalue weighted by Gasteiger charge is 2.42. The fraction of sp³-hybridized carbons (Fsp3) is 0.233. The van der Waals surface area contributed by atoms with Crippen LogP contribution in [0.4, 0.5) is 18.9 Å². The zero-order valence-electron chi connectivity index (χ0n) is 21.1. The van der Waals surface area contributed by atoms with Gasteiger partial charge in [0.05, 0.1) is 12.0 Å². The fourth-order valence-electron chi connectivity index (χ4n) is 5.10. The molecule has 40 heavy (non-hydrogen) atoms. The molecule has 4 aromatic rings. The molecule has 1 aliphatic carbocycles. The maximum Gasteiger partial charge on any atom is 0.452 e. The van der Waals surface area contributed by atoms with Crippen LogP contribution in [-0.2, 0) is 11.0 Å². The van der Waals surface area contributed by atoms with Gasteiger partial charge in [-0.2, -0.15) is 13.2 Å². The van der Waals surface area contributed by atoms with Gasteiger partial charge in [0.15, 0.2) is 5.69 Å². The number of carbonyl (C=O) groups excluding carboxylic acids is 1. The number of carboxylic acids is 1. The van der Waals surface area contributed by atoms with Gasteiger partial charge in [0.2, 0.25) is 11.7 Å². The summed E-state index contributed by atoms with van der Waals surface area (Å²) in [4.78, 5) is 28.1. The lowest BCUT2D eigenvalue weighted by Crippen LogP contribution is -2.23. The fourth-order valence-corrected chi connectivity index (χ4v) is 5.10. The molecule has 1 saturated carbocycles. The number of anilines is 1. The number of alkyl halides is 3. The van der Waals surface area contributed by atoms with Crippen molar-refractivity contribution in [2.24, 2.45) is 11.8 Å². The number of benzene rings is 3. The van der Waals surface area contributed by atoms with Gasteiger partial charge in [0, 0.05) is 17.2 Å². The number of carbonyl (C=O) groups is 2. The molecule has 1 unspecified atom stereocenters. The highest BCUT2D eigenvalue weighted by atomic mass is 19.4. The summed E-state index contributed by atoms with van der Waals surface area (Å²) in [6.45, 7) is 0. The number of hydrogen-bond donors (Lipinski definition) is 3. The van der Waals surface area contributed by atoms with E-state index < -0.39 is 41.5 Å². The van der Waals surface area contributed by atoms with Gasteiger partial charge in [-0.15, -0.1) is 0 Å². The van der Waals surface area contributed by atoms with Gasteiger partial charge in [0.25, 0.3) is 5.91 Å². The third-order valence-electron chi connectivity index (χ3n) is 7.14. The third-order valence-corrected chi connectivity index (χ3v) is 7.14.